The van der Waals surface area contributed by atoms with E-state index in [-0.39, 0.29) is 4.90 Å². The Morgan fingerprint density at radius 3 is 2.20 bits per heavy atom. The first-order chi connectivity index (χ1) is 9.49. The van der Waals surface area contributed by atoms with Crippen molar-refractivity contribution in [3.8, 4) is 0 Å². The molecule has 0 aromatic heterocycles. The SMILES string of the molecule is Cc1ccc(S(=O)(=O)NC(=S)N2CCCCCC2)cc1. The number of rotatable bonds is 2. The Labute approximate surface area is 126 Å². The molecule has 1 saturated heterocycles. The number of aryl methyl sites for hydroxylation is 1. The van der Waals surface area contributed by atoms with Crippen molar-refractivity contribution in [2.75, 3.05) is 13.1 Å². The van der Waals surface area contributed by atoms with E-state index in [9.17, 15) is 8.42 Å². The zero-order chi connectivity index (χ0) is 14.6. The van der Waals surface area contributed by atoms with Crippen LogP contribution in [0.2, 0.25) is 0 Å². The number of benzene rings is 1. The summed E-state index contributed by atoms with van der Waals surface area (Å²) in [5.74, 6) is 0. The Morgan fingerprint density at radius 2 is 1.65 bits per heavy atom. The van der Waals surface area contributed by atoms with E-state index in [1.54, 1.807) is 24.3 Å². The van der Waals surface area contributed by atoms with Crippen LogP contribution >= 0.6 is 12.2 Å². The number of hydrogen-bond donors (Lipinski definition) is 1. The Hall–Kier alpha value is -1.14. The van der Waals surface area contributed by atoms with E-state index in [0.717, 1.165) is 31.5 Å². The van der Waals surface area contributed by atoms with Crippen molar-refractivity contribution < 1.29 is 8.42 Å². The maximum absolute atomic E-state index is 12.3. The van der Waals surface area contributed by atoms with Gasteiger partial charge in [-0.15, -0.1) is 0 Å². The van der Waals surface area contributed by atoms with Crippen molar-refractivity contribution in [3.63, 3.8) is 0 Å². The lowest BCUT2D eigenvalue weighted by molar-refractivity contribution is 0.433. The quantitative estimate of drug-likeness (QED) is 0.852. The van der Waals surface area contributed by atoms with Crippen molar-refractivity contribution in [1.29, 1.82) is 0 Å². The van der Waals surface area contributed by atoms with Crippen molar-refractivity contribution in [2.45, 2.75) is 37.5 Å². The van der Waals surface area contributed by atoms with Crippen LogP contribution in [0.4, 0.5) is 0 Å². The van der Waals surface area contributed by atoms with Gasteiger partial charge in [0.2, 0.25) is 0 Å². The molecule has 20 heavy (non-hydrogen) atoms. The zero-order valence-electron chi connectivity index (χ0n) is 11.6. The number of nitrogens with zero attached hydrogens (tertiary/aromatic N) is 1. The van der Waals surface area contributed by atoms with Gasteiger partial charge in [-0.3, -0.25) is 4.72 Å². The maximum Gasteiger partial charge on any atom is 0.263 e. The highest BCUT2D eigenvalue weighted by molar-refractivity contribution is 7.91. The molecule has 1 aliphatic rings. The average Bonchev–Trinajstić information content (AvgIpc) is 2.67. The summed E-state index contributed by atoms with van der Waals surface area (Å²) in [6.45, 7) is 3.58. The number of nitrogens with one attached hydrogen (secondary N) is 1. The minimum atomic E-state index is -3.57. The molecule has 1 fully saturated rings. The number of hydrogen-bond acceptors (Lipinski definition) is 3. The molecule has 110 valence electrons. The lowest BCUT2D eigenvalue weighted by atomic mass is 10.2. The average molecular weight is 312 g/mol. The fraction of sp³-hybridized carbons (Fsp3) is 0.500. The van der Waals surface area contributed by atoms with Crippen molar-refractivity contribution in [3.05, 3.63) is 29.8 Å². The van der Waals surface area contributed by atoms with E-state index in [2.05, 4.69) is 4.72 Å². The topological polar surface area (TPSA) is 49.4 Å². The Bertz CT molecular complexity index is 559. The monoisotopic (exact) mass is 312 g/mol. The van der Waals surface area contributed by atoms with E-state index in [4.69, 9.17) is 12.2 Å². The number of thiocarbonyl (C=S) groups is 1. The molecule has 1 heterocycles. The molecule has 4 nitrogen and oxygen atoms in total. The van der Waals surface area contributed by atoms with Gasteiger partial charge in [-0.1, -0.05) is 30.5 Å². The third-order valence-corrected chi connectivity index (χ3v) is 5.29. The summed E-state index contributed by atoms with van der Waals surface area (Å²) in [5.41, 5.74) is 1.03. The Morgan fingerprint density at radius 1 is 1.10 bits per heavy atom. The second kappa shape index (κ2) is 6.54. The fourth-order valence-electron chi connectivity index (χ4n) is 2.23. The number of sulfonamides is 1. The summed E-state index contributed by atoms with van der Waals surface area (Å²) in [6.07, 6.45) is 4.49. The van der Waals surface area contributed by atoms with Gasteiger partial charge in [-0.05, 0) is 44.1 Å². The van der Waals surface area contributed by atoms with E-state index in [0.29, 0.717) is 5.11 Å². The highest BCUT2D eigenvalue weighted by Gasteiger charge is 2.19. The first-order valence-corrected chi connectivity index (χ1v) is 8.76. The highest BCUT2D eigenvalue weighted by Crippen LogP contribution is 2.13. The van der Waals surface area contributed by atoms with Crippen LogP contribution in [0.15, 0.2) is 29.2 Å². The summed E-state index contributed by atoms with van der Waals surface area (Å²) in [7, 11) is -3.57. The fourth-order valence-corrected chi connectivity index (χ4v) is 3.71. The van der Waals surface area contributed by atoms with E-state index in [1.165, 1.54) is 12.8 Å². The van der Waals surface area contributed by atoms with Gasteiger partial charge >= 0.3 is 0 Å². The van der Waals surface area contributed by atoms with E-state index in [1.807, 2.05) is 11.8 Å². The molecule has 0 bridgehead atoms. The normalized spacial score (nSPS) is 16.6. The molecule has 0 saturated carbocycles. The van der Waals surface area contributed by atoms with Crippen LogP contribution in [0.1, 0.15) is 31.2 Å². The van der Waals surface area contributed by atoms with Crippen LogP contribution in [0.5, 0.6) is 0 Å². The van der Waals surface area contributed by atoms with Gasteiger partial charge < -0.3 is 4.90 Å². The summed E-state index contributed by atoms with van der Waals surface area (Å²) >= 11 is 5.24. The van der Waals surface area contributed by atoms with Crippen molar-refractivity contribution in [2.24, 2.45) is 0 Å². The molecular formula is C14H20N2O2S2. The van der Waals surface area contributed by atoms with E-state index >= 15 is 0 Å². The van der Waals surface area contributed by atoms with Crippen LogP contribution in [0, 0.1) is 6.92 Å². The Balaban J connectivity index is 2.07. The largest absolute Gasteiger partial charge is 0.349 e. The van der Waals surface area contributed by atoms with Crippen LogP contribution in [0.25, 0.3) is 0 Å². The maximum atomic E-state index is 12.3. The number of likely N-dealkylation sites (tertiary alicyclic amines) is 1. The third-order valence-electron chi connectivity index (χ3n) is 3.45. The minimum Gasteiger partial charge on any atom is -0.349 e. The summed E-state index contributed by atoms with van der Waals surface area (Å²) in [4.78, 5) is 2.20. The van der Waals surface area contributed by atoms with E-state index < -0.39 is 10.0 Å². The Kier molecular flexibility index (Phi) is 4.99. The second-order valence-electron chi connectivity index (χ2n) is 5.12. The van der Waals surface area contributed by atoms with Gasteiger partial charge in [0.05, 0.1) is 4.90 Å². The van der Waals surface area contributed by atoms with Crippen LogP contribution < -0.4 is 4.72 Å². The first kappa shape index (κ1) is 15.3. The van der Waals surface area contributed by atoms with Crippen molar-refractivity contribution in [1.82, 2.24) is 9.62 Å². The molecule has 0 spiro atoms. The van der Waals surface area contributed by atoms with Crippen LogP contribution in [0.3, 0.4) is 0 Å². The molecule has 1 N–H and O–H groups in total. The van der Waals surface area contributed by atoms with Gasteiger partial charge in [0, 0.05) is 13.1 Å². The summed E-state index contributed by atoms with van der Waals surface area (Å²) in [5, 5.41) is 0.312. The predicted molar refractivity (Wildman–Crippen MR) is 84.1 cm³/mol. The molecule has 1 aromatic carbocycles. The highest BCUT2D eigenvalue weighted by atomic mass is 32.2. The molecular weight excluding hydrogens is 292 g/mol. The van der Waals surface area contributed by atoms with Gasteiger partial charge in [-0.25, -0.2) is 8.42 Å². The van der Waals surface area contributed by atoms with Crippen LogP contribution in [-0.2, 0) is 10.0 Å². The summed E-state index contributed by atoms with van der Waals surface area (Å²) < 4.78 is 27.0. The molecule has 1 aromatic rings. The lowest BCUT2D eigenvalue weighted by Gasteiger charge is -2.23. The first-order valence-electron chi connectivity index (χ1n) is 6.87. The third kappa shape index (κ3) is 3.93. The molecule has 0 aliphatic carbocycles. The van der Waals surface area contributed by atoms with Gasteiger partial charge in [0.25, 0.3) is 10.0 Å². The van der Waals surface area contributed by atoms with Gasteiger partial charge in [-0.2, -0.15) is 0 Å². The van der Waals surface area contributed by atoms with Gasteiger partial charge in [0.1, 0.15) is 0 Å². The molecule has 6 heteroatoms. The molecule has 0 atom stereocenters. The molecule has 1 aliphatic heterocycles. The second-order valence-corrected chi connectivity index (χ2v) is 7.19. The molecule has 0 radical (unpaired) electrons. The predicted octanol–water partition coefficient (Wildman–Crippen LogP) is 2.43. The molecule has 0 unspecified atom stereocenters. The smallest absolute Gasteiger partial charge is 0.263 e. The standard InChI is InChI=1S/C14H20N2O2S2/c1-12-6-8-13(9-7-12)20(17,18)15-14(19)16-10-4-2-3-5-11-16/h6-9H,2-5,10-11H2,1H3,(H,15,19). The zero-order valence-corrected chi connectivity index (χ0v) is 13.3. The molecule has 0 amide bonds. The lowest BCUT2D eigenvalue weighted by Crippen LogP contribution is -2.43. The molecule has 2 rings (SSSR count). The van der Waals surface area contributed by atoms with Crippen molar-refractivity contribution >= 4 is 27.4 Å². The summed E-state index contributed by atoms with van der Waals surface area (Å²) in [6, 6.07) is 6.76. The van der Waals surface area contributed by atoms with Crippen LogP contribution in [-0.4, -0.2) is 31.5 Å². The minimum absolute atomic E-state index is 0.250. The van der Waals surface area contributed by atoms with Gasteiger partial charge in [0.15, 0.2) is 5.11 Å².